The van der Waals surface area contributed by atoms with E-state index in [2.05, 4.69) is 48.3 Å². The molecule has 0 spiro atoms. The molecule has 28 heavy (non-hydrogen) atoms. The molecule has 7 heteroatoms. The average Bonchev–Trinajstić information content (AvgIpc) is 2.65. The van der Waals surface area contributed by atoms with E-state index in [9.17, 15) is 0 Å². The zero-order valence-corrected chi connectivity index (χ0v) is 18.2. The lowest BCUT2D eigenvalue weighted by Crippen LogP contribution is -2.38. The Labute approximate surface area is 170 Å². The third kappa shape index (κ3) is 11.8. The summed E-state index contributed by atoms with van der Waals surface area (Å²) in [5.41, 5.74) is 1.07. The normalized spacial score (nSPS) is 12.9. The van der Waals surface area contributed by atoms with Crippen LogP contribution in [0, 0.1) is 5.92 Å². The summed E-state index contributed by atoms with van der Waals surface area (Å²) < 4.78 is 16.3. The quantitative estimate of drug-likeness (QED) is 0.287. The van der Waals surface area contributed by atoms with Crippen molar-refractivity contribution in [2.75, 3.05) is 40.0 Å². The maximum Gasteiger partial charge on any atom is 0.213 e. The van der Waals surface area contributed by atoms with Gasteiger partial charge in [-0.1, -0.05) is 13.8 Å². The number of aliphatic imine (C=N–C) groups is 1. The molecule has 2 N–H and O–H groups in total. The second-order valence-corrected chi connectivity index (χ2v) is 7.14. The number of hydrogen-bond acceptors (Lipinski definition) is 5. The molecule has 1 unspecified atom stereocenters. The fourth-order valence-electron chi connectivity index (χ4n) is 2.67. The molecule has 0 bridgehead atoms. The van der Waals surface area contributed by atoms with Crippen molar-refractivity contribution in [3.8, 4) is 5.88 Å². The molecule has 0 aliphatic heterocycles. The van der Waals surface area contributed by atoms with E-state index in [1.807, 2.05) is 12.1 Å². The smallest absolute Gasteiger partial charge is 0.213 e. The van der Waals surface area contributed by atoms with Crippen molar-refractivity contribution in [1.82, 2.24) is 15.6 Å². The number of aromatic nitrogens is 1. The van der Waals surface area contributed by atoms with Gasteiger partial charge in [0.15, 0.2) is 5.96 Å². The van der Waals surface area contributed by atoms with Crippen LogP contribution in [0.1, 0.15) is 46.1 Å². The third-order valence-electron chi connectivity index (χ3n) is 3.88. The van der Waals surface area contributed by atoms with Gasteiger partial charge in [0.1, 0.15) is 0 Å². The molecule has 0 amide bonds. The van der Waals surface area contributed by atoms with Crippen LogP contribution in [0.4, 0.5) is 0 Å². The van der Waals surface area contributed by atoms with E-state index in [0.29, 0.717) is 38.2 Å². The first-order valence-electron chi connectivity index (χ1n) is 10.3. The number of hydrogen-bond donors (Lipinski definition) is 2. The Morgan fingerprint density at radius 1 is 1.18 bits per heavy atom. The van der Waals surface area contributed by atoms with Crippen LogP contribution in [-0.2, 0) is 16.0 Å². The van der Waals surface area contributed by atoms with Crippen LogP contribution in [0.15, 0.2) is 23.3 Å². The molecule has 0 aliphatic rings. The molecule has 7 nitrogen and oxygen atoms in total. The van der Waals surface area contributed by atoms with Crippen LogP contribution in [0.25, 0.3) is 0 Å². The van der Waals surface area contributed by atoms with Crippen molar-refractivity contribution in [1.29, 1.82) is 0 Å². The van der Waals surface area contributed by atoms with Gasteiger partial charge in [-0.2, -0.15) is 0 Å². The molecule has 1 atom stereocenters. The highest BCUT2D eigenvalue weighted by molar-refractivity contribution is 5.79. The molecule has 160 valence electrons. The molecule has 1 aromatic rings. The summed E-state index contributed by atoms with van der Waals surface area (Å²) in [5, 5.41) is 6.59. The minimum absolute atomic E-state index is 0.149. The monoisotopic (exact) mass is 394 g/mol. The summed E-state index contributed by atoms with van der Waals surface area (Å²) >= 11 is 0. The number of ether oxygens (including phenoxy) is 3. The maximum atomic E-state index is 5.93. The van der Waals surface area contributed by atoms with E-state index in [0.717, 1.165) is 37.5 Å². The zero-order chi connectivity index (χ0) is 20.6. The fraction of sp³-hybridized carbons (Fsp3) is 0.714. The van der Waals surface area contributed by atoms with Crippen molar-refractivity contribution >= 4 is 5.96 Å². The number of guanidine groups is 1. The number of nitrogens with zero attached hydrogens (tertiary/aromatic N) is 2. The molecule has 0 fully saturated rings. The van der Waals surface area contributed by atoms with Gasteiger partial charge in [-0.25, -0.2) is 9.98 Å². The molecule has 0 radical (unpaired) electrons. The Bertz CT molecular complexity index is 552. The topological polar surface area (TPSA) is 77.0 Å². The Hall–Kier alpha value is -1.86. The van der Waals surface area contributed by atoms with Gasteiger partial charge in [-0.3, -0.25) is 0 Å². The fourth-order valence-corrected chi connectivity index (χ4v) is 2.67. The van der Waals surface area contributed by atoms with Gasteiger partial charge in [0.05, 0.1) is 25.9 Å². The van der Waals surface area contributed by atoms with Crippen molar-refractivity contribution in [2.24, 2.45) is 10.9 Å². The van der Waals surface area contributed by atoms with Crippen LogP contribution in [-0.4, -0.2) is 57.1 Å². The highest BCUT2D eigenvalue weighted by Crippen LogP contribution is 2.15. The summed E-state index contributed by atoms with van der Waals surface area (Å²) in [5.74, 6) is 2.06. The van der Waals surface area contributed by atoms with Gasteiger partial charge in [0.2, 0.25) is 5.88 Å². The molecule has 1 heterocycles. The van der Waals surface area contributed by atoms with Crippen molar-refractivity contribution < 1.29 is 14.2 Å². The van der Waals surface area contributed by atoms with Crippen LogP contribution in [0.2, 0.25) is 0 Å². The van der Waals surface area contributed by atoms with Crippen molar-refractivity contribution in [3.05, 3.63) is 23.9 Å². The summed E-state index contributed by atoms with van der Waals surface area (Å²) in [6.45, 7) is 12.7. The van der Waals surface area contributed by atoms with E-state index >= 15 is 0 Å². The standard InChI is InChI=1S/C21H38N4O3/c1-6-22-21(24-9-7-11-27-13-12-26-5)25-16-19-8-10-23-20(15-19)28-18(4)14-17(2)3/h8,10,15,17-18H,6-7,9,11-14,16H2,1-5H3,(H2,22,24,25). The molecule has 0 aromatic carbocycles. The predicted octanol–water partition coefficient (Wildman–Crippen LogP) is 3.00. The first-order valence-corrected chi connectivity index (χ1v) is 10.3. The Kier molecular flexibility index (Phi) is 13.0. The largest absolute Gasteiger partial charge is 0.475 e. The summed E-state index contributed by atoms with van der Waals surface area (Å²) in [6, 6.07) is 3.93. The SMILES string of the molecule is CCNC(=NCc1ccnc(OC(C)CC(C)C)c1)NCCCOCCOC. The van der Waals surface area contributed by atoms with E-state index in [1.165, 1.54) is 0 Å². The minimum Gasteiger partial charge on any atom is -0.475 e. The lowest BCUT2D eigenvalue weighted by Gasteiger charge is -2.16. The number of rotatable bonds is 14. The minimum atomic E-state index is 0.149. The van der Waals surface area contributed by atoms with Gasteiger partial charge >= 0.3 is 0 Å². The Morgan fingerprint density at radius 2 is 2.00 bits per heavy atom. The average molecular weight is 395 g/mol. The molecular formula is C21H38N4O3. The Balaban J connectivity index is 2.47. The number of methoxy groups -OCH3 is 1. The zero-order valence-electron chi connectivity index (χ0n) is 18.2. The molecule has 0 aliphatic carbocycles. The van der Waals surface area contributed by atoms with Crippen molar-refractivity contribution in [2.45, 2.75) is 53.2 Å². The van der Waals surface area contributed by atoms with Crippen LogP contribution in [0.5, 0.6) is 5.88 Å². The van der Waals surface area contributed by atoms with E-state index < -0.39 is 0 Å². The summed E-state index contributed by atoms with van der Waals surface area (Å²) in [7, 11) is 1.67. The predicted molar refractivity (Wildman–Crippen MR) is 114 cm³/mol. The van der Waals surface area contributed by atoms with Crippen LogP contribution in [0.3, 0.4) is 0 Å². The van der Waals surface area contributed by atoms with E-state index in [-0.39, 0.29) is 6.10 Å². The lowest BCUT2D eigenvalue weighted by molar-refractivity contribution is 0.0698. The van der Waals surface area contributed by atoms with Gasteiger partial charge in [0.25, 0.3) is 0 Å². The molecule has 0 saturated carbocycles. The third-order valence-corrected chi connectivity index (χ3v) is 3.88. The molecular weight excluding hydrogens is 356 g/mol. The van der Waals surface area contributed by atoms with Crippen LogP contribution >= 0.6 is 0 Å². The maximum absolute atomic E-state index is 5.93. The molecule has 0 saturated heterocycles. The highest BCUT2D eigenvalue weighted by Gasteiger charge is 2.08. The molecule has 1 aromatic heterocycles. The highest BCUT2D eigenvalue weighted by atomic mass is 16.5. The van der Waals surface area contributed by atoms with E-state index in [4.69, 9.17) is 14.2 Å². The van der Waals surface area contributed by atoms with Gasteiger partial charge in [0, 0.05) is 39.1 Å². The van der Waals surface area contributed by atoms with Gasteiger partial charge in [-0.15, -0.1) is 0 Å². The van der Waals surface area contributed by atoms with Crippen LogP contribution < -0.4 is 15.4 Å². The second-order valence-electron chi connectivity index (χ2n) is 7.14. The molecule has 1 rings (SSSR count). The lowest BCUT2D eigenvalue weighted by atomic mass is 10.1. The van der Waals surface area contributed by atoms with Gasteiger partial charge < -0.3 is 24.8 Å². The number of nitrogens with one attached hydrogen (secondary N) is 2. The summed E-state index contributed by atoms with van der Waals surface area (Å²) in [6.07, 6.45) is 3.85. The number of pyridine rings is 1. The summed E-state index contributed by atoms with van der Waals surface area (Å²) in [4.78, 5) is 8.97. The first kappa shape index (κ1) is 24.2. The Morgan fingerprint density at radius 3 is 2.71 bits per heavy atom. The van der Waals surface area contributed by atoms with E-state index in [1.54, 1.807) is 13.3 Å². The first-order chi connectivity index (χ1) is 13.5. The van der Waals surface area contributed by atoms with Gasteiger partial charge in [-0.05, 0) is 44.2 Å². The second kappa shape index (κ2) is 15.1. The van der Waals surface area contributed by atoms with Crippen molar-refractivity contribution in [3.63, 3.8) is 0 Å².